The molecule has 1 N–H and O–H groups in total. The average molecular weight is 417 g/mol. The number of amides is 1. The SMILES string of the molecule is Cc1ccc(Cl)cc1NC(=O)C(C)n1nnc2sc3c(c2c1=O)CCC(C)C3. The van der Waals surface area contributed by atoms with Gasteiger partial charge in [0.05, 0.1) is 5.39 Å². The van der Waals surface area contributed by atoms with Crippen LogP contribution in [0.15, 0.2) is 23.0 Å². The molecule has 0 fully saturated rings. The molecule has 1 aliphatic rings. The van der Waals surface area contributed by atoms with E-state index in [-0.39, 0.29) is 11.5 Å². The Balaban J connectivity index is 1.68. The predicted octanol–water partition coefficient (Wildman–Crippen LogP) is 4.14. The van der Waals surface area contributed by atoms with E-state index in [4.69, 9.17) is 11.6 Å². The van der Waals surface area contributed by atoms with Crippen LogP contribution in [0.3, 0.4) is 0 Å². The summed E-state index contributed by atoms with van der Waals surface area (Å²) in [5.74, 6) is 0.278. The number of carbonyl (C=O) groups is 1. The van der Waals surface area contributed by atoms with E-state index in [1.54, 1.807) is 30.4 Å². The van der Waals surface area contributed by atoms with Gasteiger partial charge in [-0.2, -0.15) is 4.68 Å². The summed E-state index contributed by atoms with van der Waals surface area (Å²) in [7, 11) is 0. The molecule has 1 aromatic carbocycles. The first-order chi connectivity index (χ1) is 13.3. The van der Waals surface area contributed by atoms with Gasteiger partial charge in [-0.15, -0.1) is 16.4 Å². The lowest BCUT2D eigenvalue weighted by Gasteiger charge is -2.18. The van der Waals surface area contributed by atoms with Gasteiger partial charge in [-0.1, -0.05) is 29.8 Å². The molecule has 4 rings (SSSR count). The van der Waals surface area contributed by atoms with Crippen LogP contribution < -0.4 is 10.9 Å². The van der Waals surface area contributed by atoms with Gasteiger partial charge in [-0.3, -0.25) is 9.59 Å². The highest BCUT2D eigenvalue weighted by molar-refractivity contribution is 7.18. The molecule has 0 bridgehead atoms. The molecular formula is C20H21ClN4O2S. The van der Waals surface area contributed by atoms with Crippen molar-refractivity contribution in [2.75, 3.05) is 5.32 Å². The van der Waals surface area contributed by atoms with Gasteiger partial charge in [0.2, 0.25) is 5.91 Å². The maximum atomic E-state index is 13.1. The van der Waals surface area contributed by atoms with E-state index in [2.05, 4.69) is 22.6 Å². The molecule has 2 aromatic heterocycles. The number of fused-ring (bicyclic) bond motifs is 3. The molecule has 2 heterocycles. The normalized spacial score (nSPS) is 17.4. The fraction of sp³-hybridized carbons (Fsp3) is 0.400. The molecule has 146 valence electrons. The largest absolute Gasteiger partial charge is 0.324 e. The van der Waals surface area contributed by atoms with Gasteiger partial charge in [-0.25, -0.2) is 0 Å². The fourth-order valence-electron chi connectivity index (χ4n) is 3.60. The smallest absolute Gasteiger partial charge is 0.279 e. The second kappa shape index (κ2) is 7.29. The van der Waals surface area contributed by atoms with Crippen LogP contribution in [0, 0.1) is 12.8 Å². The summed E-state index contributed by atoms with van der Waals surface area (Å²) < 4.78 is 1.18. The second-order valence-corrected chi connectivity index (χ2v) is 9.02. The molecule has 0 radical (unpaired) electrons. The van der Waals surface area contributed by atoms with Crippen LogP contribution in [-0.4, -0.2) is 20.9 Å². The Morgan fingerprint density at radius 2 is 2.21 bits per heavy atom. The van der Waals surface area contributed by atoms with E-state index < -0.39 is 6.04 Å². The number of benzene rings is 1. The van der Waals surface area contributed by atoms with Crippen molar-refractivity contribution in [1.82, 2.24) is 15.0 Å². The zero-order chi connectivity index (χ0) is 20.0. The van der Waals surface area contributed by atoms with Gasteiger partial charge in [0.1, 0.15) is 6.04 Å². The summed E-state index contributed by atoms with van der Waals surface area (Å²) in [6.45, 7) is 5.76. The third kappa shape index (κ3) is 3.33. The number of hydrogen-bond donors (Lipinski definition) is 1. The van der Waals surface area contributed by atoms with E-state index in [9.17, 15) is 9.59 Å². The van der Waals surface area contributed by atoms with Crippen LogP contribution in [-0.2, 0) is 17.6 Å². The number of hydrogen-bond acceptors (Lipinski definition) is 5. The Morgan fingerprint density at radius 1 is 1.43 bits per heavy atom. The van der Waals surface area contributed by atoms with Gasteiger partial charge in [-0.05, 0) is 62.3 Å². The maximum Gasteiger partial charge on any atom is 0.279 e. The minimum atomic E-state index is -0.791. The minimum Gasteiger partial charge on any atom is -0.324 e. The topological polar surface area (TPSA) is 76.9 Å². The first kappa shape index (κ1) is 19.1. The summed E-state index contributed by atoms with van der Waals surface area (Å²) in [4.78, 5) is 27.8. The Kier molecular flexibility index (Phi) is 4.97. The number of aromatic nitrogens is 3. The standard InChI is InChI=1S/C20H21ClN4O2S/c1-10-4-7-14-16(8-10)28-19-17(14)20(27)25(24-23-19)12(3)18(26)22-15-9-13(21)6-5-11(15)2/h5-6,9-10,12H,4,7-8H2,1-3H3,(H,22,26). The number of rotatable bonds is 3. The van der Waals surface area contributed by atoms with Crippen LogP contribution in [0.25, 0.3) is 10.2 Å². The van der Waals surface area contributed by atoms with E-state index in [1.807, 2.05) is 13.0 Å². The molecule has 8 heteroatoms. The number of aryl methyl sites for hydroxylation is 2. The summed E-state index contributed by atoms with van der Waals surface area (Å²) in [5, 5.41) is 12.3. The molecular weight excluding hydrogens is 396 g/mol. The van der Waals surface area contributed by atoms with Crippen LogP contribution in [0.1, 0.15) is 42.3 Å². The van der Waals surface area contributed by atoms with Crippen molar-refractivity contribution in [2.24, 2.45) is 5.92 Å². The van der Waals surface area contributed by atoms with Crippen molar-refractivity contribution < 1.29 is 4.79 Å². The first-order valence-corrected chi connectivity index (χ1v) is 10.5. The molecule has 0 spiro atoms. The molecule has 0 saturated heterocycles. The lowest BCUT2D eigenvalue weighted by Crippen LogP contribution is -2.34. The number of thiophene rings is 1. The molecule has 2 unspecified atom stereocenters. The lowest BCUT2D eigenvalue weighted by molar-refractivity contribution is -0.119. The quantitative estimate of drug-likeness (QED) is 0.696. The third-order valence-electron chi connectivity index (χ3n) is 5.35. The second-order valence-electron chi connectivity index (χ2n) is 7.50. The van der Waals surface area contributed by atoms with E-state index in [1.165, 1.54) is 9.56 Å². The van der Waals surface area contributed by atoms with Gasteiger partial charge in [0.25, 0.3) is 5.56 Å². The molecule has 0 aliphatic heterocycles. The number of anilines is 1. The van der Waals surface area contributed by atoms with Crippen molar-refractivity contribution in [3.63, 3.8) is 0 Å². The Morgan fingerprint density at radius 3 is 3.00 bits per heavy atom. The first-order valence-electron chi connectivity index (χ1n) is 9.32. The van der Waals surface area contributed by atoms with Gasteiger partial charge in [0, 0.05) is 15.6 Å². The zero-order valence-corrected chi connectivity index (χ0v) is 17.5. The highest BCUT2D eigenvalue weighted by Crippen LogP contribution is 2.35. The number of carbonyl (C=O) groups excluding carboxylic acids is 1. The van der Waals surface area contributed by atoms with E-state index >= 15 is 0 Å². The van der Waals surface area contributed by atoms with E-state index in [0.29, 0.717) is 26.8 Å². The number of nitrogens with zero attached hydrogens (tertiary/aromatic N) is 3. The predicted molar refractivity (Wildman–Crippen MR) is 112 cm³/mol. The molecule has 1 amide bonds. The monoisotopic (exact) mass is 416 g/mol. The van der Waals surface area contributed by atoms with Gasteiger partial charge >= 0.3 is 0 Å². The summed E-state index contributed by atoms with van der Waals surface area (Å²) in [6.07, 6.45) is 2.91. The van der Waals surface area contributed by atoms with Crippen molar-refractivity contribution in [3.05, 3.63) is 49.6 Å². The van der Waals surface area contributed by atoms with Crippen molar-refractivity contribution in [3.8, 4) is 0 Å². The molecule has 2 atom stereocenters. The number of nitrogens with one attached hydrogen (secondary N) is 1. The van der Waals surface area contributed by atoms with Crippen LogP contribution in [0.5, 0.6) is 0 Å². The summed E-state index contributed by atoms with van der Waals surface area (Å²) in [5.41, 5.74) is 2.35. The highest BCUT2D eigenvalue weighted by atomic mass is 35.5. The minimum absolute atomic E-state index is 0.248. The lowest BCUT2D eigenvalue weighted by atomic mass is 9.89. The molecule has 28 heavy (non-hydrogen) atoms. The van der Waals surface area contributed by atoms with Gasteiger partial charge in [0.15, 0.2) is 4.83 Å². The van der Waals surface area contributed by atoms with Crippen molar-refractivity contribution in [1.29, 1.82) is 0 Å². The van der Waals surface area contributed by atoms with Gasteiger partial charge < -0.3 is 5.32 Å². The van der Waals surface area contributed by atoms with Crippen molar-refractivity contribution >= 4 is 44.7 Å². The zero-order valence-electron chi connectivity index (χ0n) is 16.0. The summed E-state index contributed by atoms with van der Waals surface area (Å²) in [6, 6.07) is 4.50. The summed E-state index contributed by atoms with van der Waals surface area (Å²) >= 11 is 7.58. The maximum absolute atomic E-state index is 13.1. The van der Waals surface area contributed by atoms with Crippen molar-refractivity contribution in [2.45, 2.75) is 46.1 Å². The van der Waals surface area contributed by atoms with Crippen LogP contribution in [0.2, 0.25) is 5.02 Å². The molecule has 3 aromatic rings. The third-order valence-corrected chi connectivity index (χ3v) is 6.72. The molecule has 1 aliphatic carbocycles. The number of halogens is 1. The molecule has 6 nitrogen and oxygen atoms in total. The Bertz CT molecular complexity index is 1140. The van der Waals surface area contributed by atoms with Crippen LogP contribution >= 0.6 is 22.9 Å². The average Bonchev–Trinajstić information content (AvgIpc) is 3.02. The fourth-order valence-corrected chi connectivity index (χ4v) is 5.09. The molecule has 0 saturated carbocycles. The van der Waals surface area contributed by atoms with Crippen LogP contribution in [0.4, 0.5) is 5.69 Å². The Hall–Kier alpha value is -2.25. The highest BCUT2D eigenvalue weighted by Gasteiger charge is 2.26. The van der Waals surface area contributed by atoms with E-state index in [0.717, 1.165) is 30.4 Å². The Labute approximate surface area is 171 Å².